The first-order valence-electron chi connectivity index (χ1n) is 9.42. The van der Waals surface area contributed by atoms with Gasteiger partial charge in [-0.3, -0.25) is 14.9 Å². The molecular formula is C21H21N5O4S. The maximum Gasteiger partial charge on any atom is 0.257 e. The molecule has 0 saturated heterocycles. The van der Waals surface area contributed by atoms with Crippen LogP contribution in [0.25, 0.3) is 0 Å². The van der Waals surface area contributed by atoms with Gasteiger partial charge in [0.05, 0.1) is 19.2 Å². The van der Waals surface area contributed by atoms with Gasteiger partial charge in [0.15, 0.2) is 11.5 Å². The first-order chi connectivity index (χ1) is 14.9. The van der Waals surface area contributed by atoms with Crippen LogP contribution < -0.4 is 15.5 Å². The molecule has 3 rings (SSSR count). The SMILES string of the molecule is CCOc1ccc(C=NNC(=O)Cc2nnc(NC(=O)c3ccc(C)cc3)s2)cc1O. The molecule has 2 amide bonds. The lowest BCUT2D eigenvalue weighted by Gasteiger charge is -2.05. The van der Waals surface area contributed by atoms with E-state index < -0.39 is 0 Å². The number of aromatic hydroxyl groups is 1. The van der Waals surface area contributed by atoms with Gasteiger partial charge in [0, 0.05) is 5.56 Å². The second-order valence-electron chi connectivity index (χ2n) is 6.45. The molecular weight excluding hydrogens is 418 g/mol. The van der Waals surface area contributed by atoms with Crippen LogP contribution in [-0.4, -0.2) is 39.9 Å². The van der Waals surface area contributed by atoms with Crippen molar-refractivity contribution < 1.29 is 19.4 Å². The Kier molecular flexibility index (Phi) is 7.28. The molecule has 0 unspecified atom stereocenters. The third-order valence-corrected chi connectivity index (χ3v) is 4.84. The van der Waals surface area contributed by atoms with Crippen LogP contribution in [0.2, 0.25) is 0 Å². The predicted octanol–water partition coefficient (Wildman–Crippen LogP) is 2.90. The van der Waals surface area contributed by atoms with Gasteiger partial charge >= 0.3 is 0 Å². The fraction of sp³-hybridized carbons (Fsp3) is 0.190. The molecule has 0 spiro atoms. The number of carbonyl (C=O) groups is 2. The lowest BCUT2D eigenvalue weighted by molar-refractivity contribution is -0.120. The predicted molar refractivity (Wildman–Crippen MR) is 118 cm³/mol. The van der Waals surface area contributed by atoms with Gasteiger partial charge in [0.25, 0.3) is 5.91 Å². The molecule has 2 aromatic carbocycles. The minimum absolute atomic E-state index is 0.00815. The number of hydrazone groups is 1. The number of nitrogens with zero attached hydrogens (tertiary/aromatic N) is 3. The van der Waals surface area contributed by atoms with Crippen molar-refractivity contribution in [3.8, 4) is 11.5 Å². The largest absolute Gasteiger partial charge is 0.504 e. The van der Waals surface area contributed by atoms with Crippen molar-refractivity contribution in [2.45, 2.75) is 20.3 Å². The Hall–Kier alpha value is -3.79. The minimum atomic E-state index is -0.390. The standard InChI is InChI=1S/C21H21N5O4S/c1-3-30-17-9-6-14(10-16(17)27)12-22-24-18(28)11-19-25-26-21(31-19)23-20(29)15-7-4-13(2)5-8-15/h4-10,12,27H,3,11H2,1-2H3,(H,24,28)(H,23,26,29). The number of anilines is 1. The Labute approximate surface area is 182 Å². The van der Waals surface area contributed by atoms with E-state index in [0.717, 1.165) is 16.9 Å². The lowest BCUT2D eigenvalue weighted by Crippen LogP contribution is -2.19. The smallest absolute Gasteiger partial charge is 0.257 e. The molecule has 0 saturated carbocycles. The van der Waals surface area contributed by atoms with Crippen LogP contribution in [-0.2, 0) is 11.2 Å². The van der Waals surface area contributed by atoms with E-state index in [4.69, 9.17) is 4.74 Å². The second kappa shape index (κ2) is 10.3. The third-order valence-electron chi connectivity index (χ3n) is 4.00. The molecule has 3 aromatic rings. The molecule has 0 radical (unpaired) electrons. The molecule has 1 heterocycles. The van der Waals surface area contributed by atoms with Crippen molar-refractivity contribution in [3.05, 3.63) is 64.2 Å². The van der Waals surface area contributed by atoms with Crippen molar-refractivity contribution in [3.63, 3.8) is 0 Å². The number of hydrogen-bond donors (Lipinski definition) is 3. The molecule has 0 atom stereocenters. The number of phenolic OH excluding ortho intramolecular Hbond substituents is 1. The highest BCUT2D eigenvalue weighted by atomic mass is 32.1. The third kappa shape index (κ3) is 6.34. The van der Waals surface area contributed by atoms with Crippen LogP contribution >= 0.6 is 11.3 Å². The highest BCUT2D eigenvalue weighted by molar-refractivity contribution is 7.15. The van der Waals surface area contributed by atoms with Gasteiger partial charge < -0.3 is 9.84 Å². The summed E-state index contributed by atoms with van der Waals surface area (Å²) in [6.45, 7) is 4.21. The summed E-state index contributed by atoms with van der Waals surface area (Å²) in [4.78, 5) is 24.3. The first-order valence-corrected chi connectivity index (χ1v) is 10.2. The zero-order valence-corrected chi connectivity index (χ0v) is 17.8. The molecule has 160 valence electrons. The average molecular weight is 439 g/mol. The molecule has 10 heteroatoms. The number of benzene rings is 2. The first kappa shape index (κ1) is 21.9. The van der Waals surface area contributed by atoms with E-state index in [1.54, 1.807) is 24.3 Å². The van der Waals surface area contributed by atoms with E-state index in [0.29, 0.717) is 33.6 Å². The molecule has 9 nitrogen and oxygen atoms in total. The number of aryl methyl sites for hydroxylation is 1. The number of amides is 2. The maximum absolute atomic E-state index is 12.2. The van der Waals surface area contributed by atoms with Gasteiger partial charge in [0.2, 0.25) is 11.0 Å². The zero-order chi connectivity index (χ0) is 22.2. The fourth-order valence-electron chi connectivity index (χ4n) is 2.50. The monoisotopic (exact) mass is 439 g/mol. The Balaban J connectivity index is 1.50. The summed E-state index contributed by atoms with van der Waals surface area (Å²) in [6.07, 6.45) is 1.37. The highest BCUT2D eigenvalue weighted by Gasteiger charge is 2.12. The highest BCUT2D eigenvalue weighted by Crippen LogP contribution is 2.26. The molecule has 0 bridgehead atoms. The quantitative estimate of drug-likeness (QED) is 0.366. The summed E-state index contributed by atoms with van der Waals surface area (Å²) in [7, 11) is 0. The molecule has 0 aliphatic carbocycles. The van der Waals surface area contributed by atoms with Crippen molar-refractivity contribution >= 4 is 34.5 Å². The van der Waals surface area contributed by atoms with E-state index in [-0.39, 0.29) is 24.0 Å². The number of ether oxygens (including phenoxy) is 1. The van der Waals surface area contributed by atoms with Crippen LogP contribution in [0.4, 0.5) is 5.13 Å². The van der Waals surface area contributed by atoms with Crippen LogP contribution in [0.1, 0.15) is 33.4 Å². The van der Waals surface area contributed by atoms with Gasteiger partial charge in [-0.15, -0.1) is 10.2 Å². The summed E-state index contributed by atoms with van der Waals surface area (Å²) < 4.78 is 5.25. The van der Waals surface area contributed by atoms with Crippen molar-refractivity contribution in [2.24, 2.45) is 5.10 Å². The van der Waals surface area contributed by atoms with Crippen LogP contribution in [0.15, 0.2) is 47.6 Å². The van der Waals surface area contributed by atoms with E-state index in [2.05, 4.69) is 26.0 Å². The topological polar surface area (TPSA) is 126 Å². The molecule has 0 aliphatic rings. The van der Waals surface area contributed by atoms with Gasteiger partial charge in [-0.25, -0.2) is 5.43 Å². The number of rotatable bonds is 8. The molecule has 0 aliphatic heterocycles. The average Bonchev–Trinajstić information content (AvgIpc) is 3.17. The molecule has 3 N–H and O–H groups in total. The van der Waals surface area contributed by atoms with E-state index in [1.807, 2.05) is 26.0 Å². The summed E-state index contributed by atoms with van der Waals surface area (Å²) in [5, 5.41) is 24.9. The number of aromatic nitrogens is 2. The summed E-state index contributed by atoms with van der Waals surface area (Å²) in [5.41, 5.74) is 4.55. The normalized spacial score (nSPS) is 10.8. The van der Waals surface area contributed by atoms with E-state index in [1.165, 1.54) is 12.3 Å². The number of carbonyl (C=O) groups excluding carboxylic acids is 2. The van der Waals surface area contributed by atoms with Gasteiger partial charge in [0.1, 0.15) is 5.01 Å². The molecule has 0 fully saturated rings. The van der Waals surface area contributed by atoms with Crippen LogP contribution in [0.3, 0.4) is 0 Å². The maximum atomic E-state index is 12.2. The van der Waals surface area contributed by atoms with Crippen molar-refractivity contribution in [1.29, 1.82) is 0 Å². The van der Waals surface area contributed by atoms with Crippen molar-refractivity contribution in [2.75, 3.05) is 11.9 Å². The van der Waals surface area contributed by atoms with Crippen LogP contribution in [0.5, 0.6) is 11.5 Å². The summed E-state index contributed by atoms with van der Waals surface area (Å²) >= 11 is 1.11. The summed E-state index contributed by atoms with van der Waals surface area (Å²) in [6, 6.07) is 11.9. The Bertz CT molecular complexity index is 1100. The van der Waals surface area contributed by atoms with E-state index in [9.17, 15) is 14.7 Å². The number of hydrogen-bond acceptors (Lipinski definition) is 8. The number of nitrogens with one attached hydrogen (secondary N) is 2. The minimum Gasteiger partial charge on any atom is -0.504 e. The lowest BCUT2D eigenvalue weighted by atomic mass is 10.1. The fourth-order valence-corrected chi connectivity index (χ4v) is 3.23. The zero-order valence-electron chi connectivity index (χ0n) is 17.0. The van der Waals surface area contributed by atoms with Gasteiger partial charge in [-0.05, 0) is 49.7 Å². The van der Waals surface area contributed by atoms with Gasteiger partial charge in [-0.1, -0.05) is 29.0 Å². The van der Waals surface area contributed by atoms with Crippen molar-refractivity contribution in [1.82, 2.24) is 15.6 Å². The molecule has 1 aromatic heterocycles. The summed E-state index contributed by atoms with van der Waals surface area (Å²) in [5.74, 6) is -0.314. The Morgan fingerprint density at radius 2 is 1.97 bits per heavy atom. The molecule has 31 heavy (non-hydrogen) atoms. The van der Waals surface area contributed by atoms with Crippen LogP contribution in [0, 0.1) is 6.92 Å². The Morgan fingerprint density at radius 3 is 2.68 bits per heavy atom. The second-order valence-corrected chi connectivity index (χ2v) is 7.51. The van der Waals surface area contributed by atoms with Gasteiger partial charge in [-0.2, -0.15) is 5.10 Å². The van der Waals surface area contributed by atoms with E-state index >= 15 is 0 Å². The number of phenols is 1. The Morgan fingerprint density at radius 1 is 1.19 bits per heavy atom.